The molecular weight excluding hydrogens is 781 g/mol. The molecule has 8 aromatic carbocycles. The summed E-state index contributed by atoms with van der Waals surface area (Å²) in [7, 11) is 0. The molecule has 302 valence electrons. The van der Waals surface area contributed by atoms with Gasteiger partial charge in [0, 0.05) is 38.4 Å². The molecule has 0 saturated heterocycles. The van der Waals surface area contributed by atoms with Gasteiger partial charge in [-0.2, -0.15) is 0 Å². The van der Waals surface area contributed by atoms with Crippen LogP contribution in [0, 0.1) is 0 Å². The van der Waals surface area contributed by atoms with Crippen LogP contribution in [0.4, 0.5) is 0 Å². The Kier molecular flexibility index (Phi) is 7.26. The topological polar surface area (TPSA) is 50.7 Å². The number of furan rings is 2. The summed E-state index contributed by atoms with van der Waals surface area (Å²) in [5, 5.41) is 8.21. The third kappa shape index (κ3) is 4.80. The van der Waals surface area contributed by atoms with Gasteiger partial charge < -0.3 is 14.2 Å². The maximum absolute atomic E-state index is 6.70. The lowest BCUT2D eigenvalue weighted by Crippen LogP contribution is -2.40. The minimum atomic E-state index is -0.769. The Balaban J connectivity index is 0.957. The van der Waals surface area contributed by atoms with Crippen molar-refractivity contribution in [1.29, 1.82) is 0 Å². The molecule has 4 nitrogen and oxygen atoms in total. The number of benzene rings is 8. The van der Waals surface area contributed by atoms with Crippen molar-refractivity contribution < 1.29 is 8.83 Å². The minimum absolute atomic E-state index is 0.360. The summed E-state index contributed by atoms with van der Waals surface area (Å²) >= 11 is 0. The van der Waals surface area contributed by atoms with Crippen LogP contribution in [0.25, 0.3) is 77.4 Å². The quantitative estimate of drug-likeness (QED) is 0.192. The number of rotatable bonds is 4. The highest BCUT2D eigenvalue weighted by Crippen LogP contribution is 2.64. The monoisotopic (exact) mass is 820 g/mol. The number of para-hydroxylation sites is 1. The number of fused-ring (bicyclic) bond motifs is 16. The van der Waals surface area contributed by atoms with Crippen LogP contribution in [0.1, 0.15) is 58.7 Å². The zero-order valence-electron chi connectivity index (χ0n) is 35.2. The van der Waals surface area contributed by atoms with Gasteiger partial charge in [-0.05, 0) is 123 Å². The molecule has 10 aromatic rings. The minimum Gasteiger partial charge on any atom is -0.456 e. The van der Waals surface area contributed by atoms with Crippen molar-refractivity contribution in [2.45, 2.75) is 30.8 Å². The SMILES string of the molecule is CC1(c2ccccc2)N=C(c2cccc3oc4ccccc4c23)C=C(c2cccc3oc4ccc(-c5ccc6c(c5)C5(C7=CCCC=C7c7ccccc75)c5ccccc5-6)cc4c23)N1. The maximum atomic E-state index is 6.70. The van der Waals surface area contributed by atoms with Crippen LogP contribution >= 0.6 is 0 Å². The van der Waals surface area contributed by atoms with Crippen molar-refractivity contribution >= 4 is 60.9 Å². The standard InChI is InChI=1S/C60H40N2O2/c1-59(38-15-3-2-4-16-38)61-51(43-21-13-27-55-57(43)45-20-8-12-26-53(45)63-55)35-52(62-59)44-22-14-28-56-58(44)46-33-36(30-32-54(46)64-56)37-29-31-42-41-19-7-11-25-49(41)60(50(42)34-37)47-23-9-5-17-39(47)40-18-6-10-24-48(40)60/h2-5,7-9,11-35,62H,6,10H2,1H3. The van der Waals surface area contributed by atoms with Gasteiger partial charge in [0.2, 0.25) is 0 Å². The summed E-state index contributed by atoms with van der Waals surface area (Å²) in [6, 6.07) is 63.5. The Labute approximate surface area is 370 Å². The van der Waals surface area contributed by atoms with Crippen LogP contribution in [0.3, 0.4) is 0 Å². The molecule has 1 spiro atoms. The van der Waals surface area contributed by atoms with Gasteiger partial charge in [0.05, 0.1) is 11.1 Å². The van der Waals surface area contributed by atoms with E-state index in [1.165, 1.54) is 50.1 Å². The first-order chi connectivity index (χ1) is 31.6. The fraction of sp³-hybridized carbons (Fsp3) is 0.0833. The summed E-state index contributed by atoms with van der Waals surface area (Å²) in [6.45, 7) is 2.17. The van der Waals surface area contributed by atoms with E-state index in [-0.39, 0.29) is 5.41 Å². The van der Waals surface area contributed by atoms with Crippen molar-refractivity contribution in [3.8, 4) is 22.3 Å². The van der Waals surface area contributed by atoms with E-state index in [0.717, 1.165) is 90.4 Å². The normalized spacial score (nSPS) is 19.5. The van der Waals surface area contributed by atoms with E-state index in [1.807, 2.05) is 18.2 Å². The van der Waals surface area contributed by atoms with Crippen LogP contribution in [-0.4, -0.2) is 5.71 Å². The lowest BCUT2D eigenvalue weighted by atomic mass is 9.69. The smallest absolute Gasteiger partial charge is 0.153 e. The van der Waals surface area contributed by atoms with E-state index in [0.29, 0.717) is 0 Å². The number of nitrogens with zero attached hydrogens (tertiary/aromatic N) is 1. The number of nitrogens with one attached hydrogen (secondary N) is 1. The average Bonchev–Trinajstić information content (AvgIpc) is 4.09. The number of hydrogen-bond donors (Lipinski definition) is 1. The summed E-state index contributed by atoms with van der Waals surface area (Å²) in [4.78, 5) is 5.52. The van der Waals surface area contributed by atoms with Gasteiger partial charge in [-0.1, -0.05) is 152 Å². The van der Waals surface area contributed by atoms with E-state index < -0.39 is 5.66 Å². The summed E-state index contributed by atoms with van der Waals surface area (Å²) in [5.74, 6) is 0. The van der Waals surface area contributed by atoms with Crippen molar-refractivity contribution in [3.05, 3.63) is 239 Å². The number of allylic oxidation sites excluding steroid dienone is 5. The van der Waals surface area contributed by atoms with Gasteiger partial charge >= 0.3 is 0 Å². The highest BCUT2D eigenvalue weighted by atomic mass is 16.3. The van der Waals surface area contributed by atoms with E-state index in [2.05, 4.69) is 188 Å². The van der Waals surface area contributed by atoms with Crippen molar-refractivity contribution in [1.82, 2.24) is 5.32 Å². The highest BCUT2D eigenvalue weighted by molar-refractivity contribution is 6.24. The van der Waals surface area contributed by atoms with Crippen LogP contribution in [0.2, 0.25) is 0 Å². The summed E-state index contributed by atoms with van der Waals surface area (Å²) in [5.41, 5.74) is 20.6. The van der Waals surface area contributed by atoms with Gasteiger partial charge in [-0.3, -0.25) is 4.99 Å². The zero-order chi connectivity index (χ0) is 42.1. The third-order valence-electron chi connectivity index (χ3n) is 14.4. The lowest BCUT2D eigenvalue weighted by molar-refractivity contribution is 0.448. The fourth-order valence-electron chi connectivity index (χ4n) is 11.7. The first kappa shape index (κ1) is 35.6. The molecule has 0 saturated carbocycles. The predicted molar refractivity (Wildman–Crippen MR) is 261 cm³/mol. The molecule has 0 amide bonds. The van der Waals surface area contributed by atoms with Gasteiger partial charge in [0.1, 0.15) is 22.3 Å². The van der Waals surface area contributed by atoms with Gasteiger partial charge in [-0.25, -0.2) is 0 Å². The maximum Gasteiger partial charge on any atom is 0.153 e. The molecular formula is C60H40N2O2. The first-order valence-corrected chi connectivity index (χ1v) is 22.3. The second kappa shape index (κ2) is 13.0. The molecule has 3 heterocycles. The van der Waals surface area contributed by atoms with E-state index >= 15 is 0 Å². The largest absolute Gasteiger partial charge is 0.456 e. The van der Waals surface area contributed by atoms with E-state index in [4.69, 9.17) is 13.8 Å². The zero-order valence-corrected chi connectivity index (χ0v) is 35.2. The third-order valence-corrected chi connectivity index (χ3v) is 14.4. The molecule has 1 N–H and O–H groups in total. The Bertz CT molecular complexity index is 3780. The molecule has 2 aromatic heterocycles. The Morgan fingerprint density at radius 2 is 1.09 bits per heavy atom. The second-order valence-corrected chi connectivity index (χ2v) is 17.8. The van der Waals surface area contributed by atoms with E-state index in [9.17, 15) is 0 Å². The Morgan fingerprint density at radius 3 is 1.94 bits per heavy atom. The van der Waals surface area contributed by atoms with Crippen molar-refractivity contribution in [2.75, 3.05) is 0 Å². The lowest BCUT2D eigenvalue weighted by Gasteiger charge is -2.34. The van der Waals surface area contributed by atoms with Gasteiger partial charge in [0.25, 0.3) is 0 Å². The van der Waals surface area contributed by atoms with Crippen LogP contribution in [-0.2, 0) is 11.1 Å². The molecule has 4 aliphatic rings. The highest BCUT2D eigenvalue weighted by Gasteiger charge is 2.53. The Hall–Kier alpha value is -7.95. The molecule has 2 unspecified atom stereocenters. The van der Waals surface area contributed by atoms with Crippen molar-refractivity contribution in [2.24, 2.45) is 4.99 Å². The summed E-state index contributed by atoms with van der Waals surface area (Å²) in [6.07, 6.45) is 9.32. The molecule has 1 aliphatic heterocycles. The van der Waals surface area contributed by atoms with Crippen LogP contribution < -0.4 is 5.32 Å². The second-order valence-electron chi connectivity index (χ2n) is 17.8. The Morgan fingerprint density at radius 1 is 0.484 bits per heavy atom. The van der Waals surface area contributed by atoms with E-state index in [1.54, 1.807) is 0 Å². The molecule has 0 radical (unpaired) electrons. The predicted octanol–water partition coefficient (Wildman–Crippen LogP) is 14.9. The molecule has 0 fully saturated rings. The molecule has 64 heavy (non-hydrogen) atoms. The molecule has 14 rings (SSSR count). The molecule has 3 aliphatic carbocycles. The van der Waals surface area contributed by atoms with Crippen LogP contribution in [0.5, 0.6) is 0 Å². The molecule has 2 atom stereocenters. The van der Waals surface area contributed by atoms with Gasteiger partial charge in [-0.15, -0.1) is 0 Å². The number of aliphatic imine (C=N–C) groups is 1. The fourth-order valence-corrected chi connectivity index (χ4v) is 11.7. The van der Waals surface area contributed by atoms with Crippen LogP contribution in [0.15, 0.2) is 214 Å². The first-order valence-electron chi connectivity index (χ1n) is 22.3. The summed E-state index contributed by atoms with van der Waals surface area (Å²) < 4.78 is 13.1. The number of hydrogen-bond acceptors (Lipinski definition) is 4. The van der Waals surface area contributed by atoms with Gasteiger partial charge in [0.15, 0.2) is 5.66 Å². The van der Waals surface area contributed by atoms with Crippen molar-refractivity contribution in [3.63, 3.8) is 0 Å². The molecule has 4 heteroatoms. The average molecular weight is 821 g/mol. The molecule has 0 bridgehead atoms.